The van der Waals surface area contributed by atoms with Gasteiger partial charge in [-0.05, 0) is 30.5 Å². The molecule has 1 fully saturated rings. The Morgan fingerprint density at radius 1 is 1.24 bits per heavy atom. The third-order valence-electron chi connectivity index (χ3n) is 4.65. The molecule has 3 rings (SSSR count). The minimum absolute atomic E-state index is 0.0388. The summed E-state index contributed by atoms with van der Waals surface area (Å²) in [7, 11) is 1.67. The van der Waals surface area contributed by atoms with E-state index in [1.54, 1.807) is 13.1 Å². The summed E-state index contributed by atoms with van der Waals surface area (Å²) in [6, 6.07) is 11.0. The molecule has 1 atom stereocenters. The second-order valence-electron chi connectivity index (χ2n) is 6.25. The number of benzene rings is 1. The van der Waals surface area contributed by atoms with Gasteiger partial charge in [0.05, 0.1) is 0 Å². The summed E-state index contributed by atoms with van der Waals surface area (Å²) in [5.74, 6) is -0.584. The summed E-state index contributed by atoms with van der Waals surface area (Å²) in [4.78, 5) is 43.3. The van der Waals surface area contributed by atoms with Gasteiger partial charge in [-0.1, -0.05) is 37.3 Å². The molecule has 1 aliphatic heterocycles. The third-order valence-corrected chi connectivity index (χ3v) is 4.65. The van der Waals surface area contributed by atoms with Gasteiger partial charge in [-0.25, -0.2) is 0 Å². The molecular weight excluding hydrogens is 318 g/mol. The van der Waals surface area contributed by atoms with Crippen LogP contribution in [0.15, 0.2) is 41.2 Å². The molecule has 2 amide bonds. The first-order valence-corrected chi connectivity index (χ1v) is 8.28. The van der Waals surface area contributed by atoms with E-state index in [1.807, 2.05) is 44.2 Å². The van der Waals surface area contributed by atoms with Crippen molar-refractivity contribution < 1.29 is 9.59 Å². The van der Waals surface area contributed by atoms with Crippen molar-refractivity contribution in [2.75, 3.05) is 13.6 Å². The number of H-pyrrole nitrogens is 1. The predicted octanol–water partition coefficient (Wildman–Crippen LogP) is 1.86. The second kappa shape index (κ2) is 6.55. The van der Waals surface area contributed by atoms with Crippen molar-refractivity contribution in [1.82, 2.24) is 14.8 Å². The zero-order chi connectivity index (χ0) is 18.1. The van der Waals surface area contributed by atoms with Crippen LogP contribution in [0.3, 0.4) is 0 Å². The molecule has 1 saturated heterocycles. The molecule has 0 saturated carbocycles. The smallest absolute Gasteiger partial charge is 0.261 e. The Morgan fingerprint density at radius 3 is 2.56 bits per heavy atom. The summed E-state index contributed by atoms with van der Waals surface area (Å²) < 4.78 is 0. The minimum atomic E-state index is -0.508. The van der Waals surface area contributed by atoms with E-state index in [-0.39, 0.29) is 18.0 Å². The molecule has 6 nitrogen and oxygen atoms in total. The van der Waals surface area contributed by atoms with Gasteiger partial charge in [-0.3, -0.25) is 14.4 Å². The highest BCUT2D eigenvalue weighted by Gasteiger charge is 2.40. The number of carbonyl (C=O) groups excluding carboxylic acids is 2. The quantitative estimate of drug-likeness (QED) is 0.927. The maximum atomic E-state index is 13.0. The van der Waals surface area contributed by atoms with Gasteiger partial charge in [0.1, 0.15) is 18.3 Å². The number of hydrogen-bond donors (Lipinski definition) is 1. The monoisotopic (exact) mass is 339 g/mol. The van der Waals surface area contributed by atoms with Crippen molar-refractivity contribution in [3.05, 3.63) is 69.1 Å². The topological polar surface area (TPSA) is 73.5 Å². The van der Waals surface area contributed by atoms with E-state index in [4.69, 9.17) is 0 Å². The highest BCUT2D eigenvalue weighted by atomic mass is 16.2. The Morgan fingerprint density at radius 2 is 1.92 bits per heavy atom. The Balaban J connectivity index is 2.02. The van der Waals surface area contributed by atoms with Gasteiger partial charge in [-0.2, -0.15) is 0 Å². The maximum absolute atomic E-state index is 13.0. The fourth-order valence-electron chi connectivity index (χ4n) is 3.25. The molecule has 0 spiro atoms. The van der Waals surface area contributed by atoms with Crippen LogP contribution >= 0.6 is 0 Å². The van der Waals surface area contributed by atoms with Crippen LogP contribution in [0.1, 0.15) is 40.3 Å². The Labute approximate surface area is 146 Å². The zero-order valence-electron chi connectivity index (χ0n) is 14.6. The number of rotatable bonds is 3. The van der Waals surface area contributed by atoms with Gasteiger partial charge in [0.15, 0.2) is 0 Å². The molecule has 0 radical (unpaired) electrons. The summed E-state index contributed by atoms with van der Waals surface area (Å²) in [6.07, 6.45) is 0.180. The standard InChI is InChI=1S/C19H21N3O3/c1-4-15-12(2)10-14(17(24)20-15)19(25)22-11-16(23)21(3)18(22)13-8-6-5-7-9-13/h5-10,18H,4,11H2,1-3H3,(H,20,24). The van der Waals surface area contributed by atoms with E-state index < -0.39 is 17.6 Å². The molecule has 2 aromatic rings. The van der Waals surface area contributed by atoms with Crippen molar-refractivity contribution in [3.8, 4) is 0 Å². The summed E-state index contributed by atoms with van der Waals surface area (Å²) in [5, 5.41) is 0. The Hall–Kier alpha value is -2.89. The number of hydrogen-bond acceptors (Lipinski definition) is 3. The van der Waals surface area contributed by atoms with Crippen LogP contribution in [-0.2, 0) is 11.2 Å². The molecule has 1 N–H and O–H groups in total. The molecule has 0 bridgehead atoms. The van der Waals surface area contributed by atoms with Crippen molar-refractivity contribution in [3.63, 3.8) is 0 Å². The Bertz CT molecular complexity index is 873. The van der Waals surface area contributed by atoms with Gasteiger partial charge >= 0.3 is 0 Å². The van der Waals surface area contributed by atoms with E-state index >= 15 is 0 Å². The third kappa shape index (κ3) is 2.95. The largest absolute Gasteiger partial charge is 0.325 e. The number of likely N-dealkylation sites (N-methyl/N-ethyl adjacent to an activating group) is 1. The van der Waals surface area contributed by atoms with E-state index in [0.29, 0.717) is 6.42 Å². The van der Waals surface area contributed by atoms with E-state index in [1.165, 1.54) is 9.80 Å². The lowest BCUT2D eigenvalue weighted by Gasteiger charge is -2.28. The van der Waals surface area contributed by atoms with Crippen LogP contribution in [0.4, 0.5) is 0 Å². The average Bonchev–Trinajstić information content (AvgIpc) is 2.91. The van der Waals surface area contributed by atoms with Crippen molar-refractivity contribution in [2.45, 2.75) is 26.4 Å². The first-order valence-electron chi connectivity index (χ1n) is 8.28. The SMILES string of the molecule is CCc1[nH]c(=O)c(C(=O)N2CC(=O)N(C)C2c2ccccc2)cc1C. The molecule has 1 aromatic carbocycles. The van der Waals surface area contributed by atoms with Crippen molar-refractivity contribution in [1.29, 1.82) is 0 Å². The predicted molar refractivity (Wildman–Crippen MR) is 94.2 cm³/mol. The number of aromatic nitrogens is 1. The first-order chi connectivity index (χ1) is 11.9. The van der Waals surface area contributed by atoms with Crippen LogP contribution in [-0.4, -0.2) is 40.2 Å². The number of nitrogens with zero attached hydrogens (tertiary/aromatic N) is 2. The second-order valence-corrected chi connectivity index (χ2v) is 6.25. The minimum Gasteiger partial charge on any atom is -0.325 e. The summed E-state index contributed by atoms with van der Waals surface area (Å²) in [6.45, 7) is 3.77. The highest BCUT2D eigenvalue weighted by molar-refractivity contribution is 5.98. The molecule has 1 aliphatic rings. The van der Waals surface area contributed by atoms with E-state index in [2.05, 4.69) is 4.98 Å². The molecule has 25 heavy (non-hydrogen) atoms. The van der Waals surface area contributed by atoms with Crippen LogP contribution in [0.25, 0.3) is 0 Å². The molecule has 6 heteroatoms. The fraction of sp³-hybridized carbons (Fsp3) is 0.316. The first kappa shape index (κ1) is 17.0. The van der Waals surface area contributed by atoms with Crippen LogP contribution < -0.4 is 5.56 Å². The van der Waals surface area contributed by atoms with Crippen LogP contribution in [0.2, 0.25) is 0 Å². The van der Waals surface area contributed by atoms with Crippen LogP contribution in [0.5, 0.6) is 0 Å². The number of carbonyl (C=O) groups is 2. The molecule has 2 heterocycles. The maximum Gasteiger partial charge on any atom is 0.261 e. The number of amides is 2. The Kier molecular flexibility index (Phi) is 4.44. The number of aryl methyl sites for hydroxylation is 2. The van der Waals surface area contributed by atoms with Crippen LogP contribution in [0, 0.1) is 6.92 Å². The molecule has 0 aliphatic carbocycles. The molecule has 1 aromatic heterocycles. The van der Waals surface area contributed by atoms with Crippen molar-refractivity contribution in [2.24, 2.45) is 0 Å². The number of aromatic amines is 1. The van der Waals surface area contributed by atoms with Gasteiger partial charge in [0.25, 0.3) is 11.5 Å². The van der Waals surface area contributed by atoms with E-state index in [0.717, 1.165) is 16.8 Å². The zero-order valence-corrected chi connectivity index (χ0v) is 14.6. The lowest BCUT2D eigenvalue weighted by molar-refractivity contribution is -0.126. The van der Waals surface area contributed by atoms with Gasteiger partial charge in [-0.15, -0.1) is 0 Å². The molecular formula is C19H21N3O3. The highest BCUT2D eigenvalue weighted by Crippen LogP contribution is 2.30. The van der Waals surface area contributed by atoms with Crippen molar-refractivity contribution >= 4 is 11.8 Å². The lowest BCUT2D eigenvalue weighted by Crippen LogP contribution is -2.37. The normalized spacial score (nSPS) is 17.2. The molecule has 130 valence electrons. The summed E-state index contributed by atoms with van der Waals surface area (Å²) >= 11 is 0. The lowest BCUT2D eigenvalue weighted by atomic mass is 10.1. The fourth-order valence-corrected chi connectivity index (χ4v) is 3.25. The summed E-state index contributed by atoms with van der Waals surface area (Å²) in [5.41, 5.74) is 2.17. The average molecular weight is 339 g/mol. The van der Waals surface area contributed by atoms with Gasteiger partial charge < -0.3 is 14.8 Å². The number of pyridine rings is 1. The van der Waals surface area contributed by atoms with E-state index in [9.17, 15) is 14.4 Å². The number of nitrogens with one attached hydrogen (secondary N) is 1. The van der Waals surface area contributed by atoms with Gasteiger partial charge in [0.2, 0.25) is 5.91 Å². The molecule has 1 unspecified atom stereocenters. The van der Waals surface area contributed by atoms with Gasteiger partial charge in [0, 0.05) is 12.7 Å².